The third-order valence-corrected chi connectivity index (χ3v) is 5.36. The van der Waals surface area contributed by atoms with Crippen LogP contribution in [0.5, 0.6) is 0 Å². The molecular formula is C26H25N3O2. The third-order valence-electron chi connectivity index (χ3n) is 5.36. The lowest BCUT2D eigenvalue weighted by Gasteiger charge is -2.06. The maximum Gasteiger partial charge on any atom is 0.331 e. The Bertz CT molecular complexity index is 1250. The topological polar surface area (TPSA) is 57.0 Å². The maximum atomic E-state index is 12.3. The van der Waals surface area contributed by atoms with Crippen molar-refractivity contribution < 1.29 is 9.53 Å². The van der Waals surface area contributed by atoms with Gasteiger partial charge < -0.3 is 4.74 Å². The van der Waals surface area contributed by atoms with Gasteiger partial charge in [0.2, 0.25) is 0 Å². The minimum Gasteiger partial charge on any atom is -0.458 e. The van der Waals surface area contributed by atoms with Gasteiger partial charge >= 0.3 is 5.97 Å². The molecule has 0 aliphatic rings. The SMILES string of the molecule is Cc1ccc(Cn2nc(C)c(/C=C\C(=O)OCc3cccc4cccnc34)c2C)cc1. The second kappa shape index (κ2) is 8.96. The van der Waals surface area contributed by atoms with Crippen LogP contribution in [0.1, 0.15) is 33.6 Å². The van der Waals surface area contributed by atoms with E-state index in [2.05, 4.69) is 41.3 Å². The minimum atomic E-state index is -0.391. The highest BCUT2D eigenvalue weighted by molar-refractivity contribution is 5.88. The molecule has 156 valence electrons. The number of fused-ring (bicyclic) bond motifs is 1. The lowest BCUT2D eigenvalue weighted by Crippen LogP contribution is -2.04. The summed E-state index contributed by atoms with van der Waals surface area (Å²) in [6, 6.07) is 18.2. The number of hydrogen-bond acceptors (Lipinski definition) is 4. The van der Waals surface area contributed by atoms with Crippen molar-refractivity contribution in [3.63, 3.8) is 0 Å². The van der Waals surface area contributed by atoms with Gasteiger partial charge in [-0.1, -0.05) is 54.1 Å². The highest BCUT2D eigenvalue weighted by atomic mass is 16.5. The van der Waals surface area contributed by atoms with Gasteiger partial charge in [0.05, 0.1) is 17.8 Å². The van der Waals surface area contributed by atoms with Crippen LogP contribution in [0, 0.1) is 20.8 Å². The molecule has 0 bridgehead atoms. The van der Waals surface area contributed by atoms with Crippen molar-refractivity contribution in [2.24, 2.45) is 0 Å². The zero-order chi connectivity index (χ0) is 21.8. The number of nitrogens with zero attached hydrogens (tertiary/aromatic N) is 3. The van der Waals surface area contributed by atoms with E-state index in [9.17, 15) is 4.79 Å². The van der Waals surface area contributed by atoms with Gasteiger partial charge in [-0.25, -0.2) is 4.79 Å². The van der Waals surface area contributed by atoms with E-state index < -0.39 is 5.97 Å². The first-order valence-electron chi connectivity index (χ1n) is 10.3. The third kappa shape index (κ3) is 4.72. The summed E-state index contributed by atoms with van der Waals surface area (Å²) in [5.74, 6) is -0.391. The van der Waals surface area contributed by atoms with Crippen LogP contribution in [0.2, 0.25) is 0 Å². The number of benzene rings is 2. The first-order valence-corrected chi connectivity index (χ1v) is 10.3. The zero-order valence-electron chi connectivity index (χ0n) is 18.0. The molecule has 31 heavy (non-hydrogen) atoms. The number of esters is 1. The lowest BCUT2D eigenvalue weighted by atomic mass is 10.1. The molecule has 0 unspecified atom stereocenters. The summed E-state index contributed by atoms with van der Waals surface area (Å²) in [4.78, 5) is 16.7. The van der Waals surface area contributed by atoms with Gasteiger partial charge in [-0.15, -0.1) is 0 Å². The van der Waals surface area contributed by atoms with E-state index in [4.69, 9.17) is 4.74 Å². The molecule has 2 aromatic carbocycles. The monoisotopic (exact) mass is 411 g/mol. The van der Waals surface area contributed by atoms with Crippen LogP contribution in [-0.2, 0) is 22.7 Å². The van der Waals surface area contributed by atoms with E-state index in [0.717, 1.165) is 33.4 Å². The van der Waals surface area contributed by atoms with Crippen LogP contribution >= 0.6 is 0 Å². The average Bonchev–Trinajstić information content (AvgIpc) is 3.04. The molecule has 4 aromatic rings. The van der Waals surface area contributed by atoms with Crippen LogP contribution in [0.3, 0.4) is 0 Å². The molecule has 2 aromatic heterocycles. The number of carbonyl (C=O) groups excluding carboxylic acids is 1. The zero-order valence-corrected chi connectivity index (χ0v) is 18.0. The fourth-order valence-electron chi connectivity index (χ4n) is 3.60. The smallest absolute Gasteiger partial charge is 0.331 e. The molecule has 0 spiro atoms. The van der Waals surface area contributed by atoms with Gasteiger partial charge in [0.15, 0.2) is 0 Å². The molecule has 0 amide bonds. The van der Waals surface area contributed by atoms with Crippen LogP contribution in [0.15, 0.2) is 66.9 Å². The van der Waals surface area contributed by atoms with Crippen LogP contribution in [-0.4, -0.2) is 20.7 Å². The van der Waals surface area contributed by atoms with E-state index in [0.29, 0.717) is 6.54 Å². The summed E-state index contributed by atoms with van der Waals surface area (Å²) in [5, 5.41) is 5.67. The fourth-order valence-corrected chi connectivity index (χ4v) is 3.60. The van der Waals surface area contributed by atoms with E-state index >= 15 is 0 Å². The standard InChI is InChI=1S/C26H25N3O2/c1-18-9-11-21(12-10-18)16-29-20(3)24(19(2)28-29)13-14-25(30)31-17-23-7-4-6-22-8-5-15-27-26(22)23/h4-15H,16-17H2,1-3H3/b14-13-. The molecule has 0 saturated heterocycles. The first kappa shape index (κ1) is 20.5. The first-order chi connectivity index (χ1) is 15.0. The number of ether oxygens (including phenoxy) is 1. The number of rotatable bonds is 6. The summed E-state index contributed by atoms with van der Waals surface area (Å²) in [7, 11) is 0. The Labute approximate surface area is 182 Å². The number of carbonyl (C=O) groups is 1. The predicted molar refractivity (Wildman–Crippen MR) is 123 cm³/mol. The second-order valence-electron chi connectivity index (χ2n) is 7.66. The van der Waals surface area contributed by atoms with Gasteiger partial charge in [0.25, 0.3) is 0 Å². The van der Waals surface area contributed by atoms with E-state index in [1.54, 1.807) is 12.3 Å². The Hall–Kier alpha value is -3.73. The Kier molecular flexibility index (Phi) is 5.94. The number of aromatic nitrogens is 3. The van der Waals surface area contributed by atoms with Crippen LogP contribution < -0.4 is 0 Å². The van der Waals surface area contributed by atoms with Crippen molar-refractivity contribution in [3.8, 4) is 0 Å². The summed E-state index contributed by atoms with van der Waals surface area (Å²) < 4.78 is 7.42. The van der Waals surface area contributed by atoms with Gasteiger partial charge in [-0.05, 0) is 38.5 Å². The van der Waals surface area contributed by atoms with Gasteiger partial charge in [0.1, 0.15) is 6.61 Å². The summed E-state index contributed by atoms with van der Waals surface area (Å²) in [6.07, 6.45) is 4.99. The van der Waals surface area contributed by atoms with E-state index in [1.165, 1.54) is 17.2 Å². The lowest BCUT2D eigenvalue weighted by molar-refractivity contribution is -0.138. The van der Waals surface area contributed by atoms with Crippen LogP contribution in [0.25, 0.3) is 17.0 Å². The molecule has 0 aliphatic heterocycles. The number of hydrogen-bond donors (Lipinski definition) is 0. The highest BCUT2D eigenvalue weighted by Crippen LogP contribution is 2.18. The summed E-state index contributed by atoms with van der Waals surface area (Å²) >= 11 is 0. The molecule has 5 heteroatoms. The van der Waals surface area contributed by atoms with Crippen LogP contribution in [0.4, 0.5) is 0 Å². The van der Waals surface area contributed by atoms with E-state index in [-0.39, 0.29) is 6.61 Å². The van der Waals surface area contributed by atoms with Crippen molar-refractivity contribution in [1.29, 1.82) is 0 Å². The van der Waals surface area contributed by atoms with Crippen molar-refractivity contribution in [2.75, 3.05) is 0 Å². The molecule has 0 atom stereocenters. The highest BCUT2D eigenvalue weighted by Gasteiger charge is 2.11. The van der Waals surface area contributed by atoms with Crippen molar-refractivity contribution in [1.82, 2.24) is 14.8 Å². The minimum absolute atomic E-state index is 0.183. The Morgan fingerprint density at radius 3 is 2.61 bits per heavy atom. The quantitative estimate of drug-likeness (QED) is 0.325. The van der Waals surface area contributed by atoms with Gasteiger partial charge in [-0.2, -0.15) is 5.10 Å². The van der Waals surface area contributed by atoms with Gasteiger partial charge in [0, 0.05) is 34.5 Å². The molecule has 2 heterocycles. The average molecular weight is 412 g/mol. The van der Waals surface area contributed by atoms with Gasteiger partial charge in [-0.3, -0.25) is 9.67 Å². The fraction of sp³-hybridized carbons (Fsp3) is 0.192. The summed E-state index contributed by atoms with van der Waals surface area (Å²) in [6.45, 7) is 6.92. The molecule has 4 rings (SSSR count). The number of aryl methyl sites for hydroxylation is 2. The molecule has 0 N–H and O–H groups in total. The van der Waals surface area contributed by atoms with Crippen molar-refractivity contribution in [3.05, 3.63) is 101 Å². The number of pyridine rings is 1. The summed E-state index contributed by atoms with van der Waals surface area (Å²) in [5.41, 5.74) is 7.00. The number of para-hydroxylation sites is 1. The molecule has 0 fully saturated rings. The maximum absolute atomic E-state index is 12.3. The Morgan fingerprint density at radius 2 is 1.81 bits per heavy atom. The molecule has 5 nitrogen and oxygen atoms in total. The normalized spacial score (nSPS) is 11.3. The largest absolute Gasteiger partial charge is 0.458 e. The molecular weight excluding hydrogens is 386 g/mol. The van der Waals surface area contributed by atoms with Crippen molar-refractivity contribution in [2.45, 2.75) is 33.9 Å². The molecule has 0 aliphatic carbocycles. The predicted octanol–water partition coefficient (Wildman–Crippen LogP) is 5.16. The molecule has 0 saturated carbocycles. The Balaban J connectivity index is 1.43. The second-order valence-corrected chi connectivity index (χ2v) is 7.66. The molecule has 0 radical (unpaired) electrons. The van der Waals surface area contributed by atoms with E-state index in [1.807, 2.05) is 48.9 Å². The van der Waals surface area contributed by atoms with Crippen molar-refractivity contribution >= 4 is 22.9 Å². The Morgan fingerprint density at radius 1 is 1.03 bits per heavy atom.